The molecule has 1 amide bonds. The molecule has 2 heterocycles. The first kappa shape index (κ1) is 20.0. The van der Waals surface area contributed by atoms with Gasteiger partial charge in [-0.2, -0.15) is 5.26 Å². The highest BCUT2D eigenvalue weighted by Gasteiger charge is 2.28. The number of nitrogens with zero attached hydrogens (tertiary/aromatic N) is 3. The van der Waals surface area contributed by atoms with E-state index >= 15 is 0 Å². The molecule has 4 rings (SSSR count). The second-order valence-corrected chi connectivity index (χ2v) is 8.03. The Hall–Kier alpha value is -3.26. The number of carbonyl (C=O) groups excluding carboxylic acids is 1. The molecule has 0 saturated carbocycles. The number of hydrogen-bond acceptors (Lipinski definition) is 3. The zero-order valence-electron chi connectivity index (χ0n) is 17.3. The van der Waals surface area contributed by atoms with Gasteiger partial charge in [0, 0.05) is 30.3 Å². The Morgan fingerprint density at radius 2 is 2.10 bits per heavy atom. The first-order valence-electron chi connectivity index (χ1n) is 10.7. The van der Waals surface area contributed by atoms with Crippen LogP contribution in [0.25, 0.3) is 10.9 Å². The van der Waals surface area contributed by atoms with E-state index in [0.717, 1.165) is 55.2 Å². The number of benzene rings is 2. The number of fused-ring (bicyclic) bond motifs is 1. The summed E-state index contributed by atoms with van der Waals surface area (Å²) in [7, 11) is 0. The quantitative estimate of drug-likeness (QED) is 0.665. The summed E-state index contributed by atoms with van der Waals surface area (Å²) in [6.07, 6.45) is 4.25. The van der Waals surface area contributed by atoms with E-state index in [0.29, 0.717) is 12.0 Å². The lowest BCUT2D eigenvalue weighted by atomic mass is 10.1. The van der Waals surface area contributed by atoms with E-state index in [1.54, 1.807) is 18.2 Å². The van der Waals surface area contributed by atoms with Gasteiger partial charge in [0.05, 0.1) is 18.1 Å². The van der Waals surface area contributed by atoms with Crippen molar-refractivity contribution in [2.75, 3.05) is 6.54 Å². The highest BCUT2D eigenvalue weighted by molar-refractivity contribution is 5.83. The molecule has 1 saturated heterocycles. The molecule has 5 nitrogen and oxygen atoms in total. The smallest absolute Gasteiger partial charge is 0.227 e. The van der Waals surface area contributed by atoms with Crippen molar-refractivity contribution in [3.05, 3.63) is 65.4 Å². The maximum absolute atomic E-state index is 12.9. The van der Waals surface area contributed by atoms with Crippen molar-refractivity contribution in [1.29, 1.82) is 5.26 Å². The first-order chi connectivity index (χ1) is 14.6. The Balaban J connectivity index is 1.46. The highest BCUT2D eigenvalue weighted by atomic mass is 16.3. The second-order valence-electron chi connectivity index (χ2n) is 8.03. The van der Waals surface area contributed by atoms with E-state index in [4.69, 9.17) is 0 Å². The van der Waals surface area contributed by atoms with Gasteiger partial charge in [0.2, 0.25) is 5.91 Å². The van der Waals surface area contributed by atoms with E-state index in [2.05, 4.69) is 23.6 Å². The minimum absolute atomic E-state index is 0.137. The molecule has 1 N–H and O–H groups in total. The molecule has 0 unspecified atom stereocenters. The largest absolute Gasteiger partial charge is 0.508 e. The number of likely N-dealkylation sites (tertiary alicyclic amines) is 1. The normalized spacial score (nSPS) is 16.1. The molecule has 1 aliphatic rings. The first-order valence-corrected chi connectivity index (χ1v) is 10.7. The molecule has 3 aromatic rings. The zero-order valence-corrected chi connectivity index (χ0v) is 17.3. The van der Waals surface area contributed by atoms with Crippen LogP contribution >= 0.6 is 0 Å². The summed E-state index contributed by atoms with van der Waals surface area (Å²) in [5, 5.41) is 20.0. The lowest BCUT2D eigenvalue weighted by Crippen LogP contribution is -2.36. The van der Waals surface area contributed by atoms with Crippen molar-refractivity contribution in [3.63, 3.8) is 0 Å². The van der Waals surface area contributed by atoms with Crippen LogP contribution in [0.1, 0.15) is 43.0 Å². The van der Waals surface area contributed by atoms with Gasteiger partial charge in [-0.1, -0.05) is 18.2 Å². The van der Waals surface area contributed by atoms with Gasteiger partial charge in [-0.15, -0.1) is 0 Å². The fourth-order valence-corrected chi connectivity index (χ4v) is 4.68. The van der Waals surface area contributed by atoms with Gasteiger partial charge in [0.1, 0.15) is 5.75 Å². The van der Waals surface area contributed by atoms with E-state index in [-0.39, 0.29) is 17.7 Å². The number of aryl methyl sites for hydroxylation is 2. The predicted octanol–water partition coefficient (Wildman–Crippen LogP) is 4.40. The van der Waals surface area contributed by atoms with Crippen LogP contribution in [0.3, 0.4) is 0 Å². The van der Waals surface area contributed by atoms with Crippen LogP contribution < -0.4 is 0 Å². The van der Waals surface area contributed by atoms with Crippen LogP contribution in [-0.4, -0.2) is 33.1 Å². The van der Waals surface area contributed by atoms with Crippen molar-refractivity contribution >= 4 is 16.8 Å². The van der Waals surface area contributed by atoms with Gasteiger partial charge in [0.15, 0.2) is 0 Å². The third-order valence-corrected chi connectivity index (χ3v) is 6.13. The fourth-order valence-electron chi connectivity index (χ4n) is 4.68. The molecule has 0 bridgehead atoms. The number of aromatic hydroxyl groups is 1. The minimum Gasteiger partial charge on any atom is -0.508 e. The summed E-state index contributed by atoms with van der Waals surface area (Å²) >= 11 is 0. The van der Waals surface area contributed by atoms with Gasteiger partial charge in [-0.05, 0) is 73.9 Å². The third-order valence-electron chi connectivity index (χ3n) is 6.13. The average molecular weight is 402 g/mol. The van der Waals surface area contributed by atoms with Crippen molar-refractivity contribution in [3.8, 4) is 11.8 Å². The van der Waals surface area contributed by atoms with E-state index in [1.165, 1.54) is 5.69 Å². The van der Waals surface area contributed by atoms with Crippen molar-refractivity contribution in [2.45, 2.75) is 51.6 Å². The minimum atomic E-state index is 0.137. The molecule has 0 aliphatic carbocycles. The van der Waals surface area contributed by atoms with Crippen molar-refractivity contribution in [1.82, 2.24) is 9.47 Å². The van der Waals surface area contributed by atoms with Gasteiger partial charge in [-0.3, -0.25) is 4.79 Å². The van der Waals surface area contributed by atoms with E-state index < -0.39 is 0 Å². The maximum Gasteiger partial charge on any atom is 0.227 e. The number of carbonyl (C=O) groups is 1. The summed E-state index contributed by atoms with van der Waals surface area (Å²) < 4.78 is 2.28. The zero-order chi connectivity index (χ0) is 21.1. The maximum atomic E-state index is 12.9. The fraction of sp³-hybridized carbons (Fsp3) is 0.360. The molecule has 0 spiro atoms. The molecule has 1 aliphatic heterocycles. The summed E-state index contributed by atoms with van der Waals surface area (Å²) in [5.41, 5.74) is 3.90. The Kier molecular flexibility index (Phi) is 5.76. The molecule has 0 radical (unpaired) electrons. The van der Waals surface area contributed by atoms with Crippen LogP contribution in [0.4, 0.5) is 0 Å². The Labute approximate surface area is 177 Å². The second kappa shape index (κ2) is 8.62. The van der Waals surface area contributed by atoms with Gasteiger partial charge in [0.25, 0.3) is 0 Å². The Morgan fingerprint density at radius 3 is 2.87 bits per heavy atom. The summed E-state index contributed by atoms with van der Waals surface area (Å²) in [6, 6.07) is 17.5. The molecular formula is C25H27N3O2. The standard InChI is InChI=1S/C25H27N3O2/c1-2-27-22(16-20-9-8-19(17-26)14-24(20)27)11-10-21-6-4-12-28(21)25(30)15-18-5-3-7-23(29)13-18/h3,5,7-9,13-14,16,21,29H,2,4,6,10-12,15H2,1H3/t21-/m0/s1. The number of amides is 1. The monoisotopic (exact) mass is 401 g/mol. The molecule has 1 aromatic heterocycles. The molecule has 2 aromatic carbocycles. The van der Waals surface area contributed by atoms with Crippen molar-refractivity contribution < 1.29 is 9.90 Å². The van der Waals surface area contributed by atoms with E-state index in [1.807, 2.05) is 29.2 Å². The molecule has 5 heteroatoms. The van der Waals surface area contributed by atoms with E-state index in [9.17, 15) is 15.2 Å². The average Bonchev–Trinajstić information content (AvgIpc) is 3.35. The van der Waals surface area contributed by atoms with Crippen molar-refractivity contribution in [2.24, 2.45) is 0 Å². The predicted molar refractivity (Wildman–Crippen MR) is 117 cm³/mol. The van der Waals surface area contributed by atoms with Gasteiger partial charge < -0.3 is 14.6 Å². The topological polar surface area (TPSA) is 69.3 Å². The third kappa shape index (κ3) is 4.04. The SMILES string of the molecule is CCn1c(CC[C@@H]2CCCN2C(=O)Cc2cccc(O)c2)cc2ccc(C#N)cc21. The lowest BCUT2D eigenvalue weighted by Gasteiger charge is -2.25. The highest BCUT2D eigenvalue weighted by Crippen LogP contribution is 2.26. The summed E-state index contributed by atoms with van der Waals surface area (Å²) in [6.45, 7) is 3.80. The number of nitriles is 1. The number of aromatic nitrogens is 1. The molecular weight excluding hydrogens is 374 g/mol. The van der Waals surface area contributed by atoms with Crippen LogP contribution in [0.15, 0.2) is 48.5 Å². The van der Waals surface area contributed by atoms with Crippen LogP contribution in [0.2, 0.25) is 0 Å². The number of phenolic OH excluding ortho intramolecular Hbond substituents is 1. The molecule has 154 valence electrons. The lowest BCUT2D eigenvalue weighted by molar-refractivity contribution is -0.131. The molecule has 1 atom stereocenters. The van der Waals surface area contributed by atoms with Crippen LogP contribution in [0, 0.1) is 11.3 Å². The molecule has 1 fully saturated rings. The van der Waals surface area contributed by atoms with Crippen LogP contribution in [0.5, 0.6) is 5.75 Å². The Morgan fingerprint density at radius 1 is 1.23 bits per heavy atom. The molecule has 30 heavy (non-hydrogen) atoms. The van der Waals surface area contributed by atoms with Gasteiger partial charge in [-0.25, -0.2) is 0 Å². The summed E-state index contributed by atoms with van der Waals surface area (Å²) in [5.74, 6) is 0.336. The van der Waals surface area contributed by atoms with Crippen LogP contribution in [-0.2, 0) is 24.2 Å². The van der Waals surface area contributed by atoms with Gasteiger partial charge >= 0.3 is 0 Å². The summed E-state index contributed by atoms with van der Waals surface area (Å²) in [4.78, 5) is 14.9. The number of rotatable bonds is 6. The number of phenols is 1. The Bertz CT molecular complexity index is 1110. The number of hydrogen-bond donors (Lipinski definition) is 1.